The lowest BCUT2D eigenvalue weighted by atomic mass is 10.3. The molecule has 2 aromatic rings. The van der Waals surface area contributed by atoms with Gasteiger partial charge in [0.15, 0.2) is 11.5 Å². The van der Waals surface area contributed by atoms with E-state index >= 15 is 0 Å². The van der Waals surface area contributed by atoms with Gasteiger partial charge in [-0.2, -0.15) is 0 Å². The quantitative estimate of drug-likeness (QED) is 0.820. The van der Waals surface area contributed by atoms with Gasteiger partial charge in [-0.15, -0.1) is 15.3 Å². The lowest BCUT2D eigenvalue weighted by Gasteiger charge is -2.08. The molecule has 94 valence electrons. The standard InChI is InChI=1S/C11H14N6O/c1-7-6-17(15-10(7)12)9-5-4-8(13-14-9)11(18)16(2)3/h4-6H,1-3H3,(H2,12,15). The van der Waals surface area contributed by atoms with Crippen LogP contribution >= 0.6 is 0 Å². The number of anilines is 1. The third kappa shape index (κ3) is 2.15. The molecular weight excluding hydrogens is 232 g/mol. The van der Waals surface area contributed by atoms with Gasteiger partial charge in [-0.05, 0) is 19.1 Å². The molecule has 0 bridgehead atoms. The average molecular weight is 246 g/mol. The van der Waals surface area contributed by atoms with Crippen molar-refractivity contribution in [2.45, 2.75) is 6.92 Å². The van der Waals surface area contributed by atoms with Gasteiger partial charge < -0.3 is 10.6 Å². The molecule has 2 rings (SSSR count). The molecule has 0 atom stereocenters. The Kier molecular flexibility index (Phi) is 2.97. The minimum atomic E-state index is -0.190. The summed E-state index contributed by atoms with van der Waals surface area (Å²) in [5, 5.41) is 11.9. The fourth-order valence-electron chi connectivity index (χ4n) is 1.38. The second-order valence-electron chi connectivity index (χ2n) is 4.12. The summed E-state index contributed by atoms with van der Waals surface area (Å²) in [5.74, 6) is 0.778. The molecule has 0 spiro atoms. The molecule has 0 aliphatic rings. The number of carbonyl (C=O) groups excluding carboxylic acids is 1. The zero-order valence-electron chi connectivity index (χ0n) is 10.5. The first kappa shape index (κ1) is 12.0. The Balaban J connectivity index is 2.30. The minimum Gasteiger partial charge on any atom is -0.382 e. The number of carbonyl (C=O) groups is 1. The molecule has 7 heteroatoms. The highest BCUT2D eigenvalue weighted by Gasteiger charge is 2.11. The average Bonchev–Trinajstić information content (AvgIpc) is 2.69. The summed E-state index contributed by atoms with van der Waals surface area (Å²) in [7, 11) is 3.32. The van der Waals surface area contributed by atoms with Crippen LogP contribution < -0.4 is 5.73 Å². The molecular formula is C11H14N6O. The molecule has 2 aromatic heterocycles. The third-order valence-corrected chi connectivity index (χ3v) is 2.45. The molecule has 0 saturated carbocycles. The smallest absolute Gasteiger partial charge is 0.273 e. The van der Waals surface area contributed by atoms with Crippen molar-refractivity contribution < 1.29 is 4.79 Å². The molecule has 0 radical (unpaired) electrons. The van der Waals surface area contributed by atoms with E-state index in [1.54, 1.807) is 32.4 Å². The molecule has 0 aliphatic heterocycles. The normalized spacial score (nSPS) is 10.4. The Labute approximate surface area is 104 Å². The molecule has 0 unspecified atom stereocenters. The maximum absolute atomic E-state index is 11.6. The Hall–Kier alpha value is -2.44. The number of nitrogens with zero attached hydrogens (tertiary/aromatic N) is 5. The van der Waals surface area contributed by atoms with Crippen molar-refractivity contribution in [2.24, 2.45) is 0 Å². The Morgan fingerprint density at radius 1 is 1.33 bits per heavy atom. The molecule has 2 heterocycles. The molecule has 0 aliphatic carbocycles. The van der Waals surface area contributed by atoms with Crippen LogP contribution in [0.25, 0.3) is 5.82 Å². The van der Waals surface area contributed by atoms with E-state index in [2.05, 4.69) is 15.3 Å². The highest BCUT2D eigenvalue weighted by atomic mass is 16.2. The molecule has 2 N–H and O–H groups in total. The van der Waals surface area contributed by atoms with Crippen LogP contribution in [0, 0.1) is 6.92 Å². The van der Waals surface area contributed by atoms with Crippen LogP contribution in [0.4, 0.5) is 5.82 Å². The van der Waals surface area contributed by atoms with E-state index < -0.39 is 0 Å². The number of amides is 1. The lowest BCUT2D eigenvalue weighted by Crippen LogP contribution is -2.23. The summed E-state index contributed by atoms with van der Waals surface area (Å²) >= 11 is 0. The van der Waals surface area contributed by atoms with E-state index in [0.717, 1.165) is 5.56 Å². The van der Waals surface area contributed by atoms with Crippen LogP contribution in [-0.2, 0) is 0 Å². The first-order valence-corrected chi connectivity index (χ1v) is 5.36. The largest absolute Gasteiger partial charge is 0.382 e. The van der Waals surface area contributed by atoms with Crippen molar-refractivity contribution in [2.75, 3.05) is 19.8 Å². The molecule has 18 heavy (non-hydrogen) atoms. The number of aromatic nitrogens is 4. The number of hydrogen-bond donors (Lipinski definition) is 1. The van der Waals surface area contributed by atoms with Gasteiger partial charge >= 0.3 is 0 Å². The fraction of sp³-hybridized carbons (Fsp3) is 0.273. The zero-order valence-corrected chi connectivity index (χ0v) is 10.5. The van der Waals surface area contributed by atoms with Crippen LogP contribution in [0.15, 0.2) is 18.3 Å². The summed E-state index contributed by atoms with van der Waals surface area (Å²) in [6.07, 6.45) is 1.76. The first-order chi connectivity index (χ1) is 8.49. The maximum atomic E-state index is 11.6. The van der Waals surface area contributed by atoms with Crippen molar-refractivity contribution >= 4 is 11.7 Å². The van der Waals surface area contributed by atoms with Gasteiger partial charge in [0.2, 0.25) is 0 Å². The SMILES string of the molecule is Cc1cn(-c2ccc(C(=O)N(C)C)nn2)nc1N. The topological polar surface area (TPSA) is 89.9 Å². The van der Waals surface area contributed by atoms with Gasteiger partial charge in [-0.25, -0.2) is 4.68 Å². The minimum absolute atomic E-state index is 0.190. The number of aryl methyl sites for hydroxylation is 1. The molecule has 1 amide bonds. The molecule has 0 fully saturated rings. The Bertz CT molecular complexity index is 552. The van der Waals surface area contributed by atoms with Crippen molar-refractivity contribution in [1.29, 1.82) is 0 Å². The van der Waals surface area contributed by atoms with Gasteiger partial charge in [-0.1, -0.05) is 0 Å². The van der Waals surface area contributed by atoms with E-state index in [1.165, 1.54) is 9.58 Å². The van der Waals surface area contributed by atoms with Gasteiger partial charge in [-0.3, -0.25) is 4.79 Å². The number of nitrogen functional groups attached to an aromatic ring is 1. The summed E-state index contributed by atoms with van der Waals surface area (Å²) in [4.78, 5) is 13.1. The zero-order chi connectivity index (χ0) is 13.3. The first-order valence-electron chi connectivity index (χ1n) is 5.36. The van der Waals surface area contributed by atoms with E-state index in [9.17, 15) is 4.79 Å². The second kappa shape index (κ2) is 4.44. The monoisotopic (exact) mass is 246 g/mol. The van der Waals surface area contributed by atoms with E-state index in [0.29, 0.717) is 17.3 Å². The maximum Gasteiger partial charge on any atom is 0.273 e. The third-order valence-electron chi connectivity index (χ3n) is 2.45. The highest BCUT2D eigenvalue weighted by Crippen LogP contribution is 2.10. The van der Waals surface area contributed by atoms with Crippen molar-refractivity contribution in [3.05, 3.63) is 29.6 Å². The summed E-state index contributed by atoms with van der Waals surface area (Å²) in [6, 6.07) is 3.29. The van der Waals surface area contributed by atoms with E-state index in [1.807, 2.05) is 6.92 Å². The van der Waals surface area contributed by atoms with E-state index in [-0.39, 0.29) is 5.91 Å². The molecule has 0 saturated heterocycles. The van der Waals surface area contributed by atoms with Crippen LogP contribution in [0.1, 0.15) is 16.1 Å². The second-order valence-corrected chi connectivity index (χ2v) is 4.12. The predicted octanol–water partition coefficient (Wildman–Crippen LogP) is 0.255. The van der Waals surface area contributed by atoms with Crippen LogP contribution in [0.3, 0.4) is 0 Å². The highest BCUT2D eigenvalue weighted by molar-refractivity contribution is 5.91. The Morgan fingerprint density at radius 3 is 2.50 bits per heavy atom. The van der Waals surface area contributed by atoms with Gasteiger partial charge in [0, 0.05) is 25.9 Å². The summed E-state index contributed by atoms with van der Waals surface area (Å²) in [5.41, 5.74) is 6.81. The van der Waals surface area contributed by atoms with Crippen molar-refractivity contribution in [3.8, 4) is 5.82 Å². The van der Waals surface area contributed by atoms with Crippen LogP contribution in [0.5, 0.6) is 0 Å². The molecule has 7 nitrogen and oxygen atoms in total. The fourth-order valence-corrected chi connectivity index (χ4v) is 1.38. The number of rotatable bonds is 2. The summed E-state index contributed by atoms with van der Waals surface area (Å²) < 4.78 is 1.53. The molecule has 0 aromatic carbocycles. The summed E-state index contributed by atoms with van der Waals surface area (Å²) in [6.45, 7) is 1.86. The van der Waals surface area contributed by atoms with E-state index in [4.69, 9.17) is 5.73 Å². The van der Waals surface area contributed by atoms with Crippen LogP contribution in [-0.4, -0.2) is 44.9 Å². The Morgan fingerprint density at radius 2 is 2.06 bits per heavy atom. The predicted molar refractivity (Wildman–Crippen MR) is 66.3 cm³/mol. The number of hydrogen-bond acceptors (Lipinski definition) is 5. The van der Waals surface area contributed by atoms with Gasteiger partial charge in [0.25, 0.3) is 5.91 Å². The van der Waals surface area contributed by atoms with Gasteiger partial charge in [0.05, 0.1) is 0 Å². The number of nitrogens with two attached hydrogens (primary N) is 1. The van der Waals surface area contributed by atoms with Crippen molar-refractivity contribution in [1.82, 2.24) is 24.9 Å². The van der Waals surface area contributed by atoms with Crippen LogP contribution in [0.2, 0.25) is 0 Å². The van der Waals surface area contributed by atoms with Crippen molar-refractivity contribution in [3.63, 3.8) is 0 Å². The lowest BCUT2D eigenvalue weighted by molar-refractivity contribution is 0.0821. The van der Waals surface area contributed by atoms with Gasteiger partial charge in [0.1, 0.15) is 5.82 Å².